The number of fused-ring (bicyclic) bond motifs is 1. The molecule has 0 N–H and O–H groups in total. The summed E-state index contributed by atoms with van der Waals surface area (Å²) in [6.07, 6.45) is 10.1. The maximum absolute atomic E-state index is 12.4. The van der Waals surface area contributed by atoms with Gasteiger partial charge in [-0.25, -0.2) is 0 Å². The maximum Gasteiger partial charge on any atom is 0.246 e. The van der Waals surface area contributed by atoms with Crippen molar-refractivity contribution in [3.8, 4) is 5.75 Å². The van der Waals surface area contributed by atoms with Gasteiger partial charge in [-0.05, 0) is 42.2 Å². The predicted molar refractivity (Wildman–Crippen MR) is 95.1 cm³/mol. The third-order valence-corrected chi connectivity index (χ3v) is 5.60. The fourth-order valence-corrected chi connectivity index (χ4v) is 4.16. The molecule has 0 unspecified atom stereocenters. The minimum Gasteiger partial charge on any atom is -0.493 e. The lowest BCUT2D eigenvalue weighted by Gasteiger charge is -2.37. The van der Waals surface area contributed by atoms with E-state index < -0.39 is 0 Å². The van der Waals surface area contributed by atoms with Crippen molar-refractivity contribution in [2.24, 2.45) is 0 Å². The normalized spacial score (nSPS) is 22.1. The Labute approximate surface area is 144 Å². The van der Waals surface area contributed by atoms with E-state index in [0.717, 1.165) is 56.6 Å². The molecule has 1 aromatic carbocycles. The Morgan fingerprint density at radius 3 is 2.71 bits per heavy atom. The zero-order valence-electron chi connectivity index (χ0n) is 14.2. The van der Waals surface area contributed by atoms with Crippen LogP contribution in [-0.4, -0.2) is 54.5 Å². The van der Waals surface area contributed by atoms with Crippen molar-refractivity contribution in [2.75, 3.05) is 32.8 Å². The van der Waals surface area contributed by atoms with Crippen LogP contribution in [0.1, 0.15) is 36.8 Å². The lowest BCUT2D eigenvalue weighted by atomic mass is 10.1. The Balaban J connectivity index is 1.31. The Hall–Kier alpha value is -1.81. The quantitative estimate of drug-likeness (QED) is 0.801. The van der Waals surface area contributed by atoms with Gasteiger partial charge in [-0.1, -0.05) is 18.9 Å². The monoisotopic (exact) mass is 326 g/mol. The van der Waals surface area contributed by atoms with Crippen LogP contribution in [0.3, 0.4) is 0 Å². The minimum absolute atomic E-state index is 0.137. The Morgan fingerprint density at radius 2 is 1.92 bits per heavy atom. The van der Waals surface area contributed by atoms with E-state index >= 15 is 0 Å². The summed E-state index contributed by atoms with van der Waals surface area (Å²) < 4.78 is 5.52. The van der Waals surface area contributed by atoms with E-state index in [4.69, 9.17) is 4.74 Å². The first-order valence-corrected chi connectivity index (χ1v) is 9.26. The molecular weight excluding hydrogens is 300 g/mol. The molecule has 1 amide bonds. The number of carbonyl (C=O) groups is 1. The van der Waals surface area contributed by atoms with E-state index in [0.29, 0.717) is 0 Å². The highest BCUT2D eigenvalue weighted by molar-refractivity contribution is 5.91. The highest BCUT2D eigenvalue weighted by Crippen LogP contribution is 2.26. The van der Waals surface area contributed by atoms with Crippen molar-refractivity contribution >= 4 is 12.0 Å². The molecule has 2 fully saturated rings. The summed E-state index contributed by atoms with van der Waals surface area (Å²) in [5.74, 6) is 1.12. The number of rotatable bonds is 3. The second kappa shape index (κ2) is 6.98. The first-order chi connectivity index (χ1) is 11.8. The minimum atomic E-state index is 0.137. The van der Waals surface area contributed by atoms with Crippen LogP contribution in [0.4, 0.5) is 0 Å². The lowest BCUT2D eigenvalue weighted by molar-refractivity contribution is -0.127. The van der Waals surface area contributed by atoms with Crippen LogP contribution in [0, 0.1) is 0 Å². The molecule has 2 aliphatic heterocycles. The highest BCUT2D eigenvalue weighted by atomic mass is 16.5. The van der Waals surface area contributed by atoms with Gasteiger partial charge in [0.1, 0.15) is 5.75 Å². The third kappa shape index (κ3) is 3.34. The van der Waals surface area contributed by atoms with E-state index in [1.807, 2.05) is 23.1 Å². The standard InChI is InChI=1S/C20H26N2O2/c23-20(8-6-16-5-7-19-17(15-16)9-14-24-19)22-12-10-21(11-13-22)18-3-1-2-4-18/h5-8,15,18H,1-4,9-14H2. The molecule has 4 rings (SSSR count). The van der Waals surface area contributed by atoms with Crippen molar-refractivity contribution in [1.29, 1.82) is 0 Å². The molecule has 1 aromatic rings. The summed E-state index contributed by atoms with van der Waals surface area (Å²) in [7, 11) is 0. The zero-order chi connectivity index (χ0) is 16.4. The largest absolute Gasteiger partial charge is 0.493 e. The van der Waals surface area contributed by atoms with E-state index in [1.54, 1.807) is 6.08 Å². The molecule has 0 aromatic heterocycles. The second-order valence-electron chi connectivity index (χ2n) is 7.10. The summed E-state index contributed by atoms with van der Waals surface area (Å²) in [6, 6.07) is 6.93. The fourth-order valence-electron chi connectivity index (χ4n) is 4.16. The van der Waals surface area contributed by atoms with Crippen molar-refractivity contribution in [3.05, 3.63) is 35.4 Å². The van der Waals surface area contributed by atoms with Crippen LogP contribution in [0.15, 0.2) is 24.3 Å². The summed E-state index contributed by atoms with van der Waals surface area (Å²) >= 11 is 0. The van der Waals surface area contributed by atoms with E-state index in [1.165, 1.54) is 31.2 Å². The van der Waals surface area contributed by atoms with Crippen molar-refractivity contribution in [2.45, 2.75) is 38.1 Å². The first kappa shape index (κ1) is 15.7. The first-order valence-electron chi connectivity index (χ1n) is 9.26. The van der Waals surface area contributed by atoms with Crippen LogP contribution < -0.4 is 4.74 Å². The molecule has 0 atom stereocenters. The van der Waals surface area contributed by atoms with Crippen molar-refractivity contribution in [1.82, 2.24) is 9.80 Å². The van der Waals surface area contributed by atoms with E-state index in [9.17, 15) is 4.79 Å². The Bertz CT molecular complexity index is 627. The number of hydrogen-bond acceptors (Lipinski definition) is 3. The van der Waals surface area contributed by atoms with Crippen LogP contribution in [0.2, 0.25) is 0 Å². The lowest BCUT2D eigenvalue weighted by Crippen LogP contribution is -2.51. The number of nitrogens with zero attached hydrogens (tertiary/aromatic N) is 2. The van der Waals surface area contributed by atoms with Gasteiger partial charge in [-0.3, -0.25) is 9.69 Å². The predicted octanol–water partition coefficient (Wildman–Crippen LogP) is 2.72. The summed E-state index contributed by atoms with van der Waals surface area (Å²) in [6.45, 7) is 4.54. The van der Waals surface area contributed by atoms with Gasteiger partial charge in [-0.2, -0.15) is 0 Å². The Morgan fingerprint density at radius 1 is 1.12 bits per heavy atom. The van der Waals surface area contributed by atoms with Gasteiger partial charge in [0.15, 0.2) is 0 Å². The number of carbonyl (C=O) groups excluding carboxylic acids is 1. The molecule has 4 heteroatoms. The topological polar surface area (TPSA) is 32.8 Å². The van der Waals surface area contributed by atoms with Crippen LogP contribution in [0.5, 0.6) is 5.75 Å². The zero-order valence-corrected chi connectivity index (χ0v) is 14.2. The van der Waals surface area contributed by atoms with Crippen LogP contribution in [0.25, 0.3) is 6.08 Å². The number of benzene rings is 1. The molecule has 1 saturated heterocycles. The van der Waals surface area contributed by atoms with E-state index in [-0.39, 0.29) is 5.91 Å². The van der Waals surface area contributed by atoms with Gasteiger partial charge in [0.2, 0.25) is 5.91 Å². The molecule has 24 heavy (non-hydrogen) atoms. The fraction of sp³-hybridized carbons (Fsp3) is 0.550. The summed E-state index contributed by atoms with van der Waals surface area (Å²) in [5, 5.41) is 0. The van der Waals surface area contributed by atoms with E-state index in [2.05, 4.69) is 11.0 Å². The molecule has 3 aliphatic rings. The van der Waals surface area contributed by atoms with Gasteiger partial charge < -0.3 is 9.64 Å². The average Bonchev–Trinajstić information content (AvgIpc) is 3.31. The van der Waals surface area contributed by atoms with Gasteiger partial charge >= 0.3 is 0 Å². The van der Waals surface area contributed by atoms with Gasteiger partial charge in [0, 0.05) is 44.7 Å². The third-order valence-electron chi connectivity index (χ3n) is 5.60. The number of piperazine rings is 1. The van der Waals surface area contributed by atoms with Crippen molar-refractivity contribution in [3.63, 3.8) is 0 Å². The number of ether oxygens (including phenoxy) is 1. The molecular formula is C20H26N2O2. The molecule has 0 bridgehead atoms. The molecule has 1 saturated carbocycles. The molecule has 4 nitrogen and oxygen atoms in total. The van der Waals surface area contributed by atoms with Gasteiger partial charge in [-0.15, -0.1) is 0 Å². The maximum atomic E-state index is 12.4. The highest BCUT2D eigenvalue weighted by Gasteiger charge is 2.27. The SMILES string of the molecule is O=C(C=Cc1ccc2c(c1)CCO2)N1CCN(C2CCCC2)CC1. The second-order valence-corrected chi connectivity index (χ2v) is 7.10. The molecule has 1 aliphatic carbocycles. The van der Waals surface area contributed by atoms with Crippen LogP contribution in [-0.2, 0) is 11.2 Å². The van der Waals surface area contributed by atoms with Crippen molar-refractivity contribution < 1.29 is 9.53 Å². The molecule has 0 radical (unpaired) electrons. The van der Waals surface area contributed by atoms with Crippen LogP contribution >= 0.6 is 0 Å². The van der Waals surface area contributed by atoms with Gasteiger partial charge in [0.25, 0.3) is 0 Å². The van der Waals surface area contributed by atoms with Gasteiger partial charge in [0.05, 0.1) is 6.61 Å². The molecule has 0 spiro atoms. The number of amides is 1. The Kier molecular flexibility index (Phi) is 4.56. The molecule has 128 valence electrons. The smallest absolute Gasteiger partial charge is 0.246 e. The number of hydrogen-bond donors (Lipinski definition) is 0. The summed E-state index contributed by atoms with van der Waals surface area (Å²) in [4.78, 5) is 17.0. The average molecular weight is 326 g/mol. The summed E-state index contributed by atoms with van der Waals surface area (Å²) in [5.41, 5.74) is 2.33. The molecule has 2 heterocycles.